The third kappa shape index (κ3) is 7.38. The number of rotatable bonds is 6. The zero-order valence-corrected chi connectivity index (χ0v) is 17.8. The number of nitrogens with zero attached hydrogens (tertiary/aromatic N) is 2. The molecular weight excluding hydrogens is 354 g/mol. The number of guanidine groups is 1. The zero-order valence-electron chi connectivity index (χ0n) is 17.8. The fourth-order valence-electron chi connectivity index (χ4n) is 3.16. The molecule has 7 nitrogen and oxygen atoms in total. The van der Waals surface area contributed by atoms with Crippen molar-refractivity contribution in [2.24, 2.45) is 4.99 Å². The molecule has 156 valence electrons. The number of hydrogen-bond donors (Lipinski definition) is 3. The van der Waals surface area contributed by atoms with E-state index in [1.54, 1.807) is 14.1 Å². The van der Waals surface area contributed by atoms with Gasteiger partial charge in [-0.3, -0.25) is 14.7 Å². The summed E-state index contributed by atoms with van der Waals surface area (Å²) in [6.45, 7) is 9.08. The Labute approximate surface area is 168 Å². The van der Waals surface area contributed by atoms with Crippen molar-refractivity contribution < 1.29 is 9.53 Å². The Kier molecular flexibility index (Phi) is 8.11. The van der Waals surface area contributed by atoms with Crippen LogP contribution in [0.25, 0.3) is 0 Å². The van der Waals surface area contributed by atoms with Gasteiger partial charge in [-0.05, 0) is 39.7 Å². The Bertz CT molecular complexity index is 661. The third-order valence-corrected chi connectivity index (χ3v) is 4.63. The summed E-state index contributed by atoms with van der Waals surface area (Å²) in [5.74, 6) is 1.75. The van der Waals surface area contributed by atoms with Crippen molar-refractivity contribution in [2.75, 3.05) is 33.7 Å². The Morgan fingerprint density at radius 3 is 2.54 bits per heavy atom. The summed E-state index contributed by atoms with van der Waals surface area (Å²) in [4.78, 5) is 18.1. The molecule has 7 heteroatoms. The number of carbonyl (C=O) groups is 1. The summed E-state index contributed by atoms with van der Waals surface area (Å²) in [5.41, 5.74) is 0.861. The van der Waals surface area contributed by atoms with Crippen LogP contribution in [0.5, 0.6) is 5.75 Å². The number of piperidine rings is 1. The van der Waals surface area contributed by atoms with E-state index < -0.39 is 0 Å². The van der Waals surface area contributed by atoms with Crippen LogP contribution in [-0.4, -0.2) is 62.1 Å². The number of amides is 1. The Morgan fingerprint density at radius 2 is 1.93 bits per heavy atom. The van der Waals surface area contributed by atoms with E-state index in [9.17, 15) is 4.79 Å². The summed E-state index contributed by atoms with van der Waals surface area (Å²) in [6.07, 6.45) is 1.98. The number of likely N-dealkylation sites (tertiary alicyclic amines) is 1. The van der Waals surface area contributed by atoms with E-state index in [1.165, 1.54) is 0 Å². The molecule has 0 unspecified atom stereocenters. The van der Waals surface area contributed by atoms with E-state index in [0.717, 1.165) is 43.2 Å². The van der Waals surface area contributed by atoms with Gasteiger partial charge in [0.25, 0.3) is 0 Å². The van der Waals surface area contributed by atoms with Crippen molar-refractivity contribution in [2.45, 2.75) is 51.8 Å². The van der Waals surface area contributed by atoms with Crippen molar-refractivity contribution in [1.82, 2.24) is 20.9 Å². The molecule has 0 bridgehead atoms. The van der Waals surface area contributed by atoms with Crippen molar-refractivity contribution >= 4 is 11.9 Å². The molecule has 0 saturated carbocycles. The van der Waals surface area contributed by atoms with Gasteiger partial charge in [0.05, 0.1) is 6.54 Å². The van der Waals surface area contributed by atoms with Crippen LogP contribution in [0.3, 0.4) is 0 Å². The number of carbonyl (C=O) groups excluding carboxylic acids is 1. The van der Waals surface area contributed by atoms with Crippen LogP contribution in [-0.2, 0) is 11.3 Å². The summed E-state index contributed by atoms with van der Waals surface area (Å²) in [5, 5.41) is 9.58. The van der Waals surface area contributed by atoms with E-state index in [1.807, 2.05) is 39.0 Å². The van der Waals surface area contributed by atoms with Crippen molar-refractivity contribution in [3.63, 3.8) is 0 Å². The first kappa shape index (κ1) is 22.0. The van der Waals surface area contributed by atoms with Gasteiger partial charge in [-0.2, -0.15) is 0 Å². The highest BCUT2D eigenvalue weighted by molar-refractivity contribution is 5.80. The predicted octanol–water partition coefficient (Wildman–Crippen LogP) is 1.74. The fraction of sp³-hybridized carbons (Fsp3) is 0.619. The van der Waals surface area contributed by atoms with Crippen LogP contribution in [0.2, 0.25) is 0 Å². The van der Waals surface area contributed by atoms with E-state index in [0.29, 0.717) is 19.1 Å². The lowest BCUT2D eigenvalue weighted by Gasteiger charge is -2.32. The van der Waals surface area contributed by atoms with Crippen molar-refractivity contribution in [3.05, 3.63) is 29.8 Å². The van der Waals surface area contributed by atoms with Gasteiger partial charge in [0, 0.05) is 45.3 Å². The van der Waals surface area contributed by atoms with Crippen LogP contribution in [0.15, 0.2) is 29.3 Å². The SMILES string of the molecule is CN=C(NCc1ccccc1OC(C)(C)C)NC1CCN(CC(=O)NC)CC1. The highest BCUT2D eigenvalue weighted by atomic mass is 16.5. The molecule has 0 aliphatic carbocycles. The lowest BCUT2D eigenvalue weighted by atomic mass is 10.1. The molecule has 28 heavy (non-hydrogen) atoms. The molecule has 0 radical (unpaired) electrons. The van der Waals surface area contributed by atoms with Gasteiger partial charge in [0.15, 0.2) is 5.96 Å². The van der Waals surface area contributed by atoms with E-state index >= 15 is 0 Å². The van der Waals surface area contributed by atoms with Gasteiger partial charge in [-0.25, -0.2) is 0 Å². The maximum atomic E-state index is 11.5. The maximum Gasteiger partial charge on any atom is 0.233 e. The second kappa shape index (κ2) is 10.3. The van der Waals surface area contributed by atoms with Gasteiger partial charge in [0.2, 0.25) is 5.91 Å². The molecular formula is C21H35N5O2. The average molecular weight is 390 g/mol. The quantitative estimate of drug-likeness (QED) is 0.510. The maximum absolute atomic E-state index is 11.5. The van der Waals surface area contributed by atoms with Crippen molar-refractivity contribution in [1.29, 1.82) is 0 Å². The summed E-state index contributed by atoms with van der Waals surface area (Å²) < 4.78 is 6.06. The number of ether oxygens (including phenoxy) is 1. The minimum Gasteiger partial charge on any atom is -0.488 e. The number of benzene rings is 1. The minimum absolute atomic E-state index is 0.0695. The Hall–Kier alpha value is -2.28. The Balaban J connectivity index is 1.84. The molecule has 3 N–H and O–H groups in total. The van der Waals surface area contributed by atoms with Crippen molar-refractivity contribution in [3.8, 4) is 5.75 Å². The second-order valence-corrected chi connectivity index (χ2v) is 8.12. The molecule has 1 aromatic carbocycles. The topological polar surface area (TPSA) is 78.0 Å². The molecule has 1 heterocycles. The van der Waals surface area contributed by atoms with E-state index in [-0.39, 0.29) is 11.5 Å². The standard InChI is InChI=1S/C21H35N5O2/c1-21(2,3)28-18-9-7-6-8-16(18)14-24-20(23-5)25-17-10-12-26(13-11-17)15-19(27)22-4/h6-9,17H,10-15H2,1-5H3,(H,22,27)(H2,23,24,25). The van der Waals surface area contributed by atoms with E-state index in [2.05, 4.69) is 31.9 Å². The van der Waals surface area contributed by atoms with Crippen LogP contribution in [0, 0.1) is 0 Å². The zero-order chi connectivity index (χ0) is 20.6. The highest BCUT2D eigenvalue weighted by Crippen LogP contribution is 2.22. The number of para-hydroxylation sites is 1. The normalized spacial score (nSPS) is 16.5. The molecule has 1 aromatic rings. The summed E-state index contributed by atoms with van der Waals surface area (Å²) >= 11 is 0. The minimum atomic E-state index is -0.237. The summed E-state index contributed by atoms with van der Waals surface area (Å²) in [7, 11) is 3.46. The summed E-state index contributed by atoms with van der Waals surface area (Å²) in [6, 6.07) is 8.43. The number of nitrogens with one attached hydrogen (secondary N) is 3. The smallest absolute Gasteiger partial charge is 0.233 e. The van der Waals surface area contributed by atoms with Crippen LogP contribution >= 0.6 is 0 Å². The van der Waals surface area contributed by atoms with Crippen LogP contribution in [0.1, 0.15) is 39.2 Å². The van der Waals surface area contributed by atoms with Gasteiger partial charge < -0.3 is 20.7 Å². The molecule has 1 aliphatic heterocycles. The predicted molar refractivity (Wildman–Crippen MR) is 114 cm³/mol. The van der Waals surface area contributed by atoms with Crippen LogP contribution in [0.4, 0.5) is 0 Å². The number of aliphatic imine (C=N–C) groups is 1. The fourth-order valence-corrected chi connectivity index (χ4v) is 3.16. The molecule has 2 rings (SSSR count). The molecule has 0 aromatic heterocycles. The molecule has 0 atom stereocenters. The second-order valence-electron chi connectivity index (χ2n) is 8.12. The van der Waals surface area contributed by atoms with Crippen LogP contribution < -0.4 is 20.7 Å². The number of hydrogen-bond acceptors (Lipinski definition) is 4. The largest absolute Gasteiger partial charge is 0.488 e. The monoisotopic (exact) mass is 389 g/mol. The first-order chi connectivity index (χ1) is 13.3. The molecule has 1 amide bonds. The number of likely N-dealkylation sites (N-methyl/N-ethyl adjacent to an activating group) is 1. The van der Waals surface area contributed by atoms with E-state index in [4.69, 9.17) is 4.74 Å². The molecule has 1 fully saturated rings. The van der Waals surface area contributed by atoms with Gasteiger partial charge in [0.1, 0.15) is 11.4 Å². The lowest BCUT2D eigenvalue weighted by molar-refractivity contribution is -0.122. The van der Waals surface area contributed by atoms with Gasteiger partial charge in [-0.1, -0.05) is 18.2 Å². The molecule has 1 saturated heterocycles. The third-order valence-electron chi connectivity index (χ3n) is 4.63. The lowest BCUT2D eigenvalue weighted by Crippen LogP contribution is -2.49. The Morgan fingerprint density at radius 1 is 1.25 bits per heavy atom. The molecule has 0 spiro atoms. The average Bonchev–Trinajstić information content (AvgIpc) is 2.66. The van der Waals surface area contributed by atoms with Gasteiger partial charge in [-0.15, -0.1) is 0 Å². The molecule has 1 aliphatic rings. The first-order valence-corrected chi connectivity index (χ1v) is 9.98. The highest BCUT2D eigenvalue weighted by Gasteiger charge is 2.21. The first-order valence-electron chi connectivity index (χ1n) is 9.98. The van der Waals surface area contributed by atoms with Gasteiger partial charge >= 0.3 is 0 Å².